The number of hydrogen-bond acceptors (Lipinski definition) is 3. The molecule has 1 rings (SSSR count). The first-order chi connectivity index (χ1) is 7.76. The summed E-state index contributed by atoms with van der Waals surface area (Å²) >= 11 is 0. The molecule has 0 saturated carbocycles. The van der Waals surface area contributed by atoms with E-state index < -0.39 is 0 Å². The number of rotatable bonds is 6. The molecular formula is C13H27NO2. The van der Waals surface area contributed by atoms with Crippen molar-refractivity contribution in [2.24, 2.45) is 5.92 Å². The average molecular weight is 229 g/mol. The Labute approximate surface area is 99.8 Å². The number of aliphatic hydroxyl groups is 1. The van der Waals surface area contributed by atoms with Crippen molar-refractivity contribution in [3.8, 4) is 0 Å². The Bertz CT molecular complexity index is 175. The van der Waals surface area contributed by atoms with Crippen LogP contribution in [-0.2, 0) is 4.74 Å². The van der Waals surface area contributed by atoms with Crippen LogP contribution in [-0.4, -0.2) is 49.5 Å². The van der Waals surface area contributed by atoms with Gasteiger partial charge in [-0.2, -0.15) is 0 Å². The predicted molar refractivity (Wildman–Crippen MR) is 66.6 cm³/mol. The molecule has 1 unspecified atom stereocenters. The van der Waals surface area contributed by atoms with E-state index >= 15 is 0 Å². The van der Waals surface area contributed by atoms with Gasteiger partial charge >= 0.3 is 0 Å². The van der Waals surface area contributed by atoms with Crippen LogP contribution in [0.4, 0.5) is 0 Å². The van der Waals surface area contributed by atoms with Crippen LogP contribution >= 0.6 is 0 Å². The molecule has 1 N–H and O–H groups in total. The number of β-amino-alcohol motifs (C(OH)–C–C–N with tert-alkyl or cyclic N) is 1. The normalized spacial score (nSPS) is 25.3. The highest BCUT2D eigenvalue weighted by molar-refractivity contribution is 4.73. The lowest BCUT2D eigenvalue weighted by molar-refractivity contribution is 0.0982. The second-order valence-corrected chi connectivity index (χ2v) is 4.96. The molecule has 0 aliphatic carbocycles. The van der Waals surface area contributed by atoms with Crippen LogP contribution in [0.3, 0.4) is 0 Å². The van der Waals surface area contributed by atoms with E-state index in [2.05, 4.69) is 4.90 Å². The molecule has 1 saturated heterocycles. The molecule has 16 heavy (non-hydrogen) atoms. The lowest BCUT2D eigenvalue weighted by atomic mass is 10.00. The molecule has 0 radical (unpaired) electrons. The van der Waals surface area contributed by atoms with Gasteiger partial charge < -0.3 is 14.7 Å². The third-order valence-corrected chi connectivity index (χ3v) is 3.52. The number of hydrogen-bond donors (Lipinski definition) is 1. The molecule has 3 heteroatoms. The topological polar surface area (TPSA) is 32.7 Å². The van der Waals surface area contributed by atoms with E-state index in [0.717, 1.165) is 45.0 Å². The van der Waals surface area contributed by atoms with Crippen molar-refractivity contribution in [2.45, 2.75) is 45.1 Å². The summed E-state index contributed by atoms with van der Waals surface area (Å²) < 4.78 is 5.15. The molecule has 0 aromatic heterocycles. The lowest BCUT2D eigenvalue weighted by Gasteiger charge is -2.26. The second-order valence-electron chi connectivity index (χ2n) is 4.96. The molecule has 1 heterocycles. The van der Waals surface area contributed by atoms with E-state index in [-0.39, 0.29) is 6.10 Å². The van der Waals surface area contributed by atoms with E-state index in [1.807, 2.05) is 6.92 Å². The van der Waals surface area contributed by atoms with Crippen LogP contribution in [0.1, 0.15) is 39.0 Å². The van der Waals surface area contributed by atoms with Gasteiger partial charge in [-0.25, -0.2) is 0 Å². The second kappa shape index (κ2) is 8.04. The van der Waals surface area contributed by atoms with Crippen molar-refractivity contribution < 1.29 is 9.84 Å². The Kier molecular flexibility index (Phi) is 7.01. The molecule has 1 aliphatic rings. The van der Waals surface area contributed by atoms with Gasteiger partial charge in [-0.1, -0.05) is 13.3 Å². The van der Waals surface area contributed by atoms with Crippen LogP contribution in [0.5, 0.6) is 0 Å². The maximum absolute atomic E-state index is 9.70. The van der Waals surface area contributed by atoms with Gasteiger partial charge in [-0.3, -0.25) is 0 Å². The van der Waals surface area contributed by atoms with Crippen LogP contribution in [0, 0.1) is 5.92 Å². The summed E-state index contributed by atoms with van der Waals surface area (Å²) in [6, 6.07) is 0. The Morgan fingerprint density at radius 3 is 2.94 bits per heavy atom. The molecule has 1 fully saturated rings. The molecule has 96 valence electrons. The monoisotopic (exact) mass is 229 g/mol. The minimum Gasteiger partial charge on any atom is -0.392 e. The minimum absolute atomic E-state index is 0.152. The molecule has 0 aromatic rings. The van der Waals surface area contributed by atoms with Crippen LogP contribution in [0.2, 0.25) is 0 Å². The van der Waals surface area contributed by atoms with Gasteiger partial charge in [0, 0.05) is 26.8 Å². The summed E-state index contributed by atoms with van der Waals surface area (Å²) in [7, 11) is 1.77. The van der Waals surface area contributed by atoms with Crippen molar-refractivity contribution in [1.29, 1.82) is 0 Å². The number of aliphatic hydroxyl groups excluding tert-OH is 1. The Balaban J connectivity index is 2.33. The highest BCUT2D eigenvalue weighted by Crippen LogP contribution is 2.19. The summed E-state index contributed by atoms with van der Waals surface area (Å²) in [5.41, 5.74) is 0. The van der Waals surface area contributed by atoms with Crippen molar-refractivity contribution in [1.82, 2.24) is 4.90 Å². The largest absolute Gasteiger partial charge is 0.392 e. The van der Waals surface area contributed by atoms with Crippen molar-refractivity contribution in [3.63, 3.8) is 0 Å². The third-order valence-electron chi connectivity index (χ3n) is 3.52. The Hall–Kier alpha value is -0.120. The Morgan fingerprint density at radius 1 is 1.44 bits per heavy atom. The minimum atomic E-state index is -0.152. The number of likely N-dealkylation sites (tertiary alicyclic amines) is 1. The maximum atomic E-state index is 9.70. The molecule has 0 amide bonds. The first-order valence-corrected chi connectivity index (χ1v) is 6.65. The van der Waals surface area contributed by atoms with E-state index in [0.29, 0.717) is 0 Å². The van der Waals surface area contributed by atoms with Crippen LogP contribution < -0.4 is 0 Å². The van der Waals surface area contributed by atoms with Crippen molar-refractivity contribution in [3.05, 3.63) is 0 Å². The third kappa shape index (κ3) is 5.28. The molecule has 0 aromatic carbocycles. The van der Waals surface area contributed by atoms with Gasteiger partial charge in [0.05, 0.1) is 6.10 Å². The molecule has 0 bridgehead atoms. The van der Waals surface area contributed by atoms with Gasteiger partial charge in [0.25, 0.3) is 0 Å². The number of nitrogens with zero attached hydrogens (tertiary/aromatic N) is 1. The van der Waals surface area contributed by atoms with Gasteiger partial charge in [0.1, 0.15) is 0 Å². The summed E-state index contributed by atoms with van der Waals surface area (Å²) in [4.78, 5) is 2.43. The molecule has 0 spiro atoms. The van der Waals surface area contributed by atoms with Gasteiger partial charge in [-0.05, 0) is 38.1 Å². The summed E-state index contributed by atoms with van der Waals surface area (Å²) in [5, 5.41) is 9.70. The average Bonchev–Trinajstić information content (AvgIpc) is 2.51. The van der Waals surface area contributed by atoms with Gasteiger partial charge in [-0.15, -0.1) is 0 Å². The summed E-state index contributed by atoms with van der Waals surface area (Å²) in [5.74, 6) is 0.756. The first kappa shape index (κ1) is 13.9. The highest BCUT2D eigenvalue weighted by Gasteiger charge is 2.19. The zero-order chi connectivity index (χ0) is 11.8. The maximum Gasteiger partial charge on any atom is 0.0664 e. The van der Waals surface area contributed by atoms with Gasteiger partial charge in [0.2, 0.25) is 0 Å². The zero-order valence-corrected chi connectivity index (χ0v) is 10.8. The molecular weight excluding hydrogens is 202 g/mol. The molecule has 2 atom stereocenters. The first-order valence-electron chi connectivity index (χ1n) is 6.65. The number of ether oxygens (including phenoxy) is 1. The smallest absolute Gasteiger partial charge is 0.0664 e. The van der Waals surface area contributed by atoms with E-state index in [9.17, 15) is 5.11 Å². The van der Waals surface area contributed by atoms with Gasteiger partial charge in [0.15, 0.2) is 0 Å². The zero-order valence-electron chi connectivity index (χ0n) is 10.8. The quantitative estimate of drug-likeness (QED) is 0.755. The fraction of sp³-hybridized carbons (Fsp3) is 1.00. The van der Waals surface area contributed by atoms with Crippen LogP contribution in [0.25, 0.3) is 0 Å². The van der Waals surface area contributed by atoms with Crippen molar-refractivity contribution >= 4 is 0 Å². The van der Waals surface area contributed by atoms with E-state index in [4.69, 9.17) is 4.74 Å². The van der Waals surface area contributed by atoms with Crippen LogP contribution in [0.15, 0.2) is 0 Å². The SMILES string of the molecule is CC[C@H](O)CN1CCCCC(CCOC)C1. The number of methoxy groups -OCH3 is 1. The van der Waals surface area contributed by atoms with Crippen molar-refractivity contribution in [2.75, 3.05) is 33.4 Å². The summed E-state index contributed by atoms with van der Waals surface area (Å²) in [6.45, 7) is 6.06. The van der Waals surface area contributed by atoms with E-state index in [1.54, 1.807) is 7.11 Å². The molecule has 1 aliphatic heterocycles. The fourth-order valence-corrected chi connectivity index (χ4v) is 2.43. The molecule has 3 nitrogen and oxygen atoms in total. The van der Waals surface area contributed by atoms with E-state index in [1.165, 1.54) is 19.3 Å². The standard InChI is InChI=1S/C13H27NO2/c1-3-13(15)11-14-8-5-4-6-12(10-14)7-9-16-2/h12-13,15H,3-11H2,1-2H3/t12?,13-/m0/s1. The predicted octanol–water partition coefficient (Wildman–Crippen LogP) is 1.90. The summed E-state index contributed by atoms with van der Waals surface area (Å²) in [6.07, 6.45) is 5.80. The lowest BCUT2D eigenvalue weighted by Crippen LogP contribution is -2.35. The highest BCUT2D eigenvalue weighted by atomic mass is 16.5. The fourth-order valence-electron chi connectivity index (χ4n) is 2.43. The Morgan fingerprint density at radius 2 is 2.25 bits per heavy atom.